The molecule has 2 aliphatic rings. The van der Waals surface area contributed by atoms with Crippen molar-refractivity contribution < 1.29 is 14.7 Å². The summed E-state index contributed by atoms with van der Waals surface area (Å²) in [7, 11) is 0. The number of para-hydroxylation sites is 1. The van der Waals surface area contributed by atoms with Crippen molar-refractivity contribution in [1.29, 1.82) is 0 Å². The second-order valence-corrected chi connectivity index (χ2v) is 16.5. The number of aryl methyl sites for hydroxylation is 1. The second-order valence-electron chi connectivity index (χ2n) is 12.7. The molecule has 2 aliphatic heterocycles. The van der Waals surface area contributed by atoms with Crippen LogP contribution in [-0.2, 0) is 22.6 Å². The lowest BCUT2D eigenvalue weighted by molar-refractivity contribution is -0.137. The van der Waals surface area contributed by atoms with E-state index in [0.29, 0.717) is 20.1 Å². The summed E-state index contributed by atoms with van der Waals surface area (Å²) in [5.41, 5.74) is 8.95. The van der Waals surface area contributed by atoms with Crippen LogP contribution in [0.25, 0.3) is 33.2 Å². The number of carboxylic acid groups (broad SMARTS) is 1. The third-order valence-corrected chi connectivity index (χ3v) is 13.3. The summed E-state index contributed by atoms with van der Waals surface area (Å²) in [5.74, 6) is -1.50. The molecule has 8 rings (SSSR count). The Morgan fingerprint density at radius 1 is 0.778 bits per heavy atom. The summed E-state index contributed by atoms with van der Waals surface area (Å²) in [6, 6.07) is 40.0. The molecule has 0 saturated carbocycles. The minimum absolute atomic E-state index is 0.271. The standard InChI is InChI=1S/C43H33N3O4S4/c1-3-26-14-19-31(20-15-26)46-33-12-8-9-13-35(33)52-36-23-29(18-21-34(36)46)28-16-17-30(32(22-28)27-10-6-5-7-11-27)24-37-40(49)45(25-38(47)48)42(53-37)39-41(50)44(4-2)43(51)54-39/h5-24H,3-4,25H2,1-2H3,(H,47,48)/b37-24-,42-39-. The number of carbonyl (C=O) groups is 2. The summed E-state index contributed by atoms with van der Waals surface area (Å²) in [6.07, 6.45) is 2.78. The number of nitrogens with zero attached hydrogens (tertiary/aromatic N) is 3. The molecule has 1 saturated heterocycles. The highest BCUT2D eigenvalue weighted by molar-refractivity contribution is 8.30. The molecule has 7 nitrogen and oxygen atoms in total. The van der Waals surface area contributed by atoms with E-state index in [-0.39, 0.29) is 10.8 Å². The van der Waals surface area contributed by atoms with Crippen LogP contribution in [0.1, 0.15) is 25.0 Å². The highest BCUT2D eigenvalue weighted by atomic mass is 32.2. The van der Waals surface area contributed by atoms with E-state index in [4.69, 9.17) is 12.2 Å². The molecule has 5 aromatic carbocycles. The summed E-state index contributed by atoms with van der Waals surface area (Å²) < 4.78 is 2.18. The Bertz CT molecular complexity index is 2670. The van der Waals surface area contributed by atoms with Crippen molar-refractivity contribution in [2.24, 2.45) is 0 Å². The molecule has 54 heavy (non-hydrogen) atoms. The van der Waals surface area contributed by atoms with Gasteiger partial charge in [-0.3, -0.25) is 23.9 Å². The van der Waals surface area contributed by atoms with Crippen LogP contribution in [0.15, 0.2) is 130 Å². The maximum Gasteiger partial charge on any atom is 0.323 e. The minimum Gasteiger partial charge on any atom is -0.480 e. The fraction of sp³-hybridized carbons (Fsp3) is 0.116. The fourth-order valence-corrected chi connectivity index (χ4v) is 10.5. The zero-order valence-corrected chi connectivity index (χ0v) is 32.6. The van der Waals surface area contributed by atoms with Gasteiger partial charge in [0, 0.05) is 22.0 Å². The summed E-state index contributed by atoms with van der Waals surface area (Å²) in [5, 5.41) is 9.71. The fourth-order valence-electron chi connectivity index (χ4n) is 6.73. The first-order valence-corrected chi connectivity index (χ1v) is 20.3. The number of thiazole rings is 1. The number of carbonyl (C=O) groups excluding carboxylic acids is 1. The van der Waals surface area contributed by atoms with Gasteiger partial charge in [-0.25, -0.2) is 0 Å². The Morgan fingerprint density at radius 2 is 1.48 bits per heavy atom. The van der Waals surface area contributed by atoms with Crippen molar-refractivity contribution in [2.75, 3.05) is 11.4 Å². The smallest absolute Gasteiger partial charge is 0.323 e. The van der Waals surface area contributed by atoms with Gasteiger partial charge in [0.1, 0.15) is 20.4 Å². The van der Waals surface area contributed by atoms with Gasteiger partial charge in [-0.15, -0.1) is 11.3 Å². The Hall–Kier alpha value is -5.20. The van der Waals surface area contributed by atoms with Crippen LogP contribution in [0.2, 0.25) is 0 Å². The molecule has 0 atom stereocenters. The van der Waals surface area contributed by atoms with E-state index < -0.39 is 18.1 Å². The third-order valence-electron chi connectivity index (χ3n) is 9.45. The molecule has 0 unspecified atom stereocenters. The van der Waals surface area contributed by atoms with Crippen molar-refractivity contribution in [3.05, 3.63) is 146 Å². The number of aliphatic carboxylic acids is 1. The molecule has 11 heteroatoms. The average Bonchev–Trinajstić information content (AvgIpc) is 3.65. The number of thioether (sulfide) groups is 1. The van der Waals surface area contributed by atoms with Crippen molar-refractivity contribution in [1.82, 2.24) is 9.47 Å². The van der Waals surface area contributed by atoms with Crippen molar-refractivity contribution in [3.63, 3.8) is 0 Å². The second kappa shape index (κ2) is 14.9. The number of hydrogen-bond donors (Lipinski definition) is 1. The monoisotopic (exact) mass is 783 g/mol. The van der Waals surface area contributed by atoms with E-state index in [0.717, 1.165) is 79.3 Å². The van der Waals surface area contributed by atoms with E-state index in [1.807, 2.05) is 43.3 Å². The highest BCUT2D eigenvalue weighted by Crippen LogP contribution is 2.52. The predicted molar refractivity (Wildman–Crippen MR) is 226 cm³/mol. The van der Waals surface area contributed by atoms with Crippen LogP contribution in [0.4, 0.5) is 17.1 Å². The lowest BCUT2D eigenvalue weighted by Gasteiger charge is -2.33. The Kier molecular flexibility index (Phi) is 9.89. The Balaban J connectivity index is 1.25. The quantitative estimate of drug-likeness (QED) is 0.154. The largest absolute Gasteiger partial charge is 0.480 e. The van der Waals surface area contributed by atoms with Crippen LogP contribution >= 0.6 is 47.1 Å². The molecule has 0 spiro atoms. The van der Waals surface area contributed by atoms with Crippen LogP contribution in [-0.4, -0.2) is 37.3 Å². The molecule has 1 fully saturated rings. The minimum atomic E-state index is -1.17. The third kappa shape index (κ3) is 6.62. The molecule has 1 aromatic heterocycles. The van der Waals surface area contributed by atoms with Crippen molar-refractivity contribution in [3.8, 4) is 22.3 Å². The van der Waals surface area contributed by atoms with Gasteiger partial charge in [-0.2, -0.15) is 0 Å². The van der Waals surface area contributed by atoms with Gasteiger partial charge in [0.15, 0.2) is 0 Å². The first-order valence-electron chi connectivity index (χ1n) is 17.4. The first-order chi connectivity index (χ1) is 26.2. The molecular formula is C43H33N3O4S4. The summed E-state index contributed by atoms with van der Waals surface area (Å²) >= 11 is 9.39. The molecule has 3 heterocycles. The van der Waals surface area contributed by atoms with Crippen molar-refractivity contribution in [2.45, 2.75) is 36.6 Å². The van der Waals surface area contributed by atoms with Gasteiger partial charge in [-0.1, -0.05) is 115 Å². The zero-order chi connectivity index (χ0) is 37.5. The van der Waals surface area contributed by atoms with Crippen molar-refractivity contribution >= 4 is 91.3 Å². The van der Waals surface area contributed by atoms with Gasteiger partial charge in [0.25, 0.3) is 11.5 Å². The average molecular weight is 784 g/mol. The first kappa shape index (κ1) is 35.8. The summed E-state index contributed by atoms with van der Waals surface area (Å²) in [4.78, 5) is 45.4. The van der Waals surface area contributed by atoms with Crippen LogP contribution in [0.3, 0.4) is 0 Å². The highest BCUT2D eigenvalue weighted by Gasteiger charge is 2.33. The van der Waals surface area contributed by atoms with E-state index in [1.54, 1.807) is 17.8 Å². The van der Waals surface area contributed by atoms with Gasteiger partial charge in [0.05, 0.1) is 15.9 Å². The maximum atomic E-state index is 13.8. The molecule has 268 valence electrons. The Morgan fingerprint density at radius 3 is 2.20 bits per heavy atom. The van der Waals surface area contributed by atoms with Crippen LogP contribution < -0.4 is 19.7 Å². The number of fused-ring (bicyclic) bond motifs is 2. The van der Waals surface area contributed by atoms with Crippen LogP contribution in [0, 0.1) is 0 Å². The SMILES string of the molecule is CCc1ccc(N2c3ccccc3Sc3cc(-c4ccc(/C=c5\s/c(=C6\SC(=S)N(CC)C6=O)n(CC(=O)O)c5=O)c(-c5ccccc5)c4)ccc32)cc1. The topological polar surface area (TPSA) is 82.8 Å². The lowest BCUT2D eigenvalue weighted by atomic mass is 9.94. The normalized spacial score (nSPS) is 15.1. The predicted octanol–water partition coefficient (Wildman–Crippen LogP) is 8.64. The molecule has 0 radical (unpaired) electrons. The number of hydrogen-bond acceptors (Lipinski definition) is 8. The van der Waals surface area contributed by atoms with Gasteiger partial charge >= 0.3 is 5.97 Å². The van der Waals surface area contributed by atoms with Crippen LogP contribution in [0.5, 0.6) is 0 Å². The Labute approximate surface area is 329 Å². The van der Waals surface area contributed by atoms with Gasteiger partial charge in [-0.05, 0) is 95.3 Å². The molecule has 1 amide bonds. The lowest BCUT2D eigenvalue weighted by Crippen LogP contribution is -2.35. The number of anilines is 3. The number of benzene rings is 5. The summed E-state index contributed by atoms with van der Waals surface area (Å²) in [6.45, 7) is 3.80. The number of amides is 1. The number of rotatable bonds is 8. The molecule has 6 aromatic rings. The van der Waals surface area contributed by atoms with Gasteiger partial charge in [0.2, 0.25) is 0 Å². The molecule has 1 N–H and O–H groups in total. The van der Waals surface area contributed by atoms with Gasteiger partial charge < -0.3 is 10.0 Å². The van der Waals surface area contributed by atoms with E-state index >= 15 is 0 Å². The molecule has 0 aliphatic carbocycles. The number of carboxylic acids is 1. The van der Waals surface area contributed by atoms with E-state index in [9.17, 15) is 19.5 Å². The number of thiocarbonyl (C=S) groups is 1. The molecule has 0 bridgehead atoms. The number of aromatic nitrogens is 1. The maximum absolute atomic E-state index is 13.8. The zero-order valence-electron chi connectivity index (χ0n) is 29.3. The van der Waals surface area contributed by atoms with E-state index in [2.05, 4.69) is 90.7 Å². The van der Waals surface area contributed by atoms with E-state index in [1.165, 1.54) is 19.9 Å². The molecular weight excluding hydrogens is 751 g/mol.